The predicted molar refractivity (Wildman–Crippen MR) is 58.6 cm³/mol. The van der Waals surface area contributed by atoms with Crippen LogP contribution >= 0.6 is 11.6 Å². The van der Waals surface area contributed by atoms with Crippen molar-refractivity contribution in [3.63, 3.8) is 0 Å². The van der Waals surface area contributed by atoms with Crippen molar-refractivity contribution < 1.29 is 23.1 Å². The van der Waals surface area contributed by atoms with Gasteiger partial charge in [0.1, 0.15) is 11.3 Å². The number of carbonyl (C=O) groups is 1. The second-order valence-electron chi connectivity index (χ2n) is 4.20. The molecule has 7 heteroatoms. The SMILES string of the molecule is O=C(NC1(C(F)(F)F)CC1)c1ccc(Cl)cc1O. The van der Waals surface area contributed by atoms with E-state index in [1.54, 1.807) is 0 Å². The Morgan fingerprint density at radius 2 is 2.00 bits per heavy atom. The van der Waals surface area contributed by atoms with Crippen molar-refractivity contribution in [1.82, 2.24) is 5.32 Å². The molecule has 0 heterocycles. The van der Waals surface area contributed by atoms with Gasteiger partial charge in [-0.3, -0.25) is 4.79 Å². The summed E-state index contributed by atoms with van der Waals surface area (Å²) in [7, 11) is 0. The van der Waals surface area contributed by atoms with Gasteiger partial charge in [0.05, 0.1) is 5.56 Å². The molecule has 0 radical (unpaired) electrons. The number of alkyl halides is 3. The molecule has 1 amide bonds. The summed E-state index contributed by atoms with van der Waals surface area (Å²) in [6, 6.07) is 3.60. The smallest absolute Gasteiger partial charge is 0.411 e. The van der Waals surface area contributed by atoms with Crippen molar-refractivity contribution in [2.24, 2.45) is 0 Å². The molecule has 2 N–H and O–H groups in total. The van der Waals surface area contributed by atoms with E-state index in [1.165, 1.54) is 12.1 Å². The Labute approximate surface area is 106 Å². The van der Waals surface area contributed by atoms with E-state index in [4.69, 9.17) is 11.6 Å². The van der Waals surface area contributed by atoms with Gasteiger partial charge < -0.3 is 10.4 Å². The lowest BCUT2D eigenvalue weighted by atomic mass is 10.1. The number of carbonyl (C=O) groups excluding carboxylic acids is 1. The van der Waals surface area contributed by atoms with E-state index in [0.717, 1.165) is 6.07 Å². The Bertz CT molecular complexity index is 498. The van der Waals surface area contributed by atoms with E-state index in [0.29, 0.717) is 0 Å². The predicted octanol–water partition coefficient (Wildman–Crippen LogP) is 2.87. The first-order chi connectivity index (χ1) is 8.25. The average molecular weight is 280 g/mol. The van der Waals surface area contributed by atoms with E-state index in [-0.39, 0.29) is 23.4 Å². The largest absolute Gasteiger partial charge is 0.507 e. The van der Waals surface area contributed by atoms with Gasteiger partial charge >= 0.3 is 6.18 Å². The lowest BCUT2D eigenvalue weighted by molar-refractivity contribution is -0.163. The van der Waals surface area contributed by atoms with Crippen LogP contribution in [0.4, 0.5) is 13.2 Å². The molecule has 2 rings (SSSR count). The summed E-state index contributed by atoms with van der Waals surface area (Å²) in [6.45, 7) is 0. The zero-order valence-corrected chi connectivity index (χ0v) is 9.77. The van der Waals surface area contributed by atoms with E-state index in [2.05, 4.69) is 0 Å². The van der Waals surface area contributed by atoms with Crippen LogP contribution in [0, 0.1) is 0 Å². The fourth-order valence-corrected chi connectivity index (χ4v) is 1.75. The minimum absolute atomic E-state index is 0.142. The number of hydrogen-bond acceptors (Lipinski definition) is 2. The molecule has 1 aromatic carbocycles. The van der Waals surface area contributed by atoms with Crippen LogP contribution in [0.25, 0.3) is 0 Å². The maximum atomic E-state index is 12.6. The molecule has 18 heavy (non-hydrogen) atoms. The number of halogens is 4. The van der Waals surface area contributed by atoms with Crippen molar-refractivity contribution in [1.29, 1.82) is 0 Å². The molecule has 0 spiro atoms. The third kappa shape index (κ3) is 2.25. The molecular formula is C11H9ClF3NO2. The molecule has 1 saturated carbocycles. The quantitative estimate of drug-likeness (QED) is 0.874. The van der Waals surface area contributed by atoms with E-state index in [1.807, 2.05) is 5.32 Å². The summed E-state index contributed by atoms with van der Waals surface area (Å²) >= 11 is 5.57. The molecule has 1 aromatic rings. The molecule has 1 fully saturated rings. The summed E-state index contributed by atoms with van der Waals surface area (Å²) in [4.78, 5) is 11.7. The standard InChI is InChI=1S/C11H9ClF3NO2/c12-6-1-2-7(8(17)5-6)9(18)16-10(3-4-10)11(13,14)15/h1-2,5,17H,3-4H2,(H,16,18). The monoisotopic (exact) mass is 279 g/mol. The number of amides is 1. The second kappa shape index (κ2) is 4.05. The maximum Gasteiger partial charge on any atom is 0.411 e. The molecule has 0 aliphatic heterocycles. The topological polar surface area (TPSA) is 49.3 Å². The fourth-order valence-electron chi connectivity index (χ4n) is 1.59. The van der Waals surface area contributed by atoms with Gasteiger partial charge in [0.2, 0.25) is 0 Å². The number of nitrogens with one attached hydrogen (secondary N) is 1. The lowest BCUT2D eigenvalue weighted by Gasteiger charge is -2.20. The highest BCUT2D eigenvalue weighted by Gasteiger charge is 2.64. The molecule has 0 saturated heterocycles. The second-order valence-corrected chi connectivity index (χ2v) is 4.63. The van der Waals surface area contributed by atoms with Gasteiger partial charge in [-0.15, -0.1) is 0 Å². The number of phenolic OH excluding ortho intramolecular Hbond substituents is 1. The third-order valence-electron chi connectivity index (χ3n) is 2.85. The van der Waals surface area contributed by atoms with Crippen LogP contribution in [0.15, 0.2) is 18.2 Å². The molecule has 1 aliphatic rings. The maximum absolute atomic E-state index is 12.6. The van der Waals surface area contributed by atoms with Gasteiger partial charge in [0, 0.05) is 5.02 Å². The van der Waals surface area contributed by atoms with Gasteiger partial charge in [0.15, 0.2) is 0 Å². The number of rotatable bonds is 2. The highest BCUT2D eigenvalue weighted by atomic mass is 35.5. The summed E-state index contributed by atoms with van der Waals surface area (Å²) in [6.07, 6.45) is -4.77. The van der Waals surface area contributed by atoms with Crippen molar-refractivity contribution in [2.75, 3.05) is 0 Å². The summed E-state index contributed by atoms with van der Waals surface area (Å²) in [5, 5.41) is 11.6. The van der Waals surface area contributed by atoms with Crippen molar-refractivity contribution >= 4 is 17.5 Å². The molecule has 98 valence electrons. The normalized spacial score (nSPS) is 17.3. The van der Waals surface area contributed by atoms with Crippen molar-refractivity contribution in [3.05, 3.63) is 28.8 Å². The first-order valence-corrected chi connectivity index (χ1v) is 5.51. The van der Waals surface area contributed by atoms with E-state index in [9.17, 15) is 23.1 Å². The average Bonchev–Trinajstić information content (AvgIpc) is 2.97. The van der Waals surface area contributed by atoms with E-state index < -0.39 is 23.4 Å². The zero-order chi connectivity index (χ0) is 13.6. The molecule has 1 aliphatic carbocycles. The molecule has 0 aromatic heterocycles. The van der Waals surface area contributed by atoms with Crippen LogP contribution in [0.1, 0.15) is 23.2 Å². The number of hydrogen-bond donors (Lipinski definition) is 2. The van der Waals surface area contributed by atoms with Gasteiger partial charge in [-0.1, -0.05) is 11.6 Å². The van der Waals surface area contributed by atoms with Crippen molar-refractivity contribution in [2.45, 2.75) is 24.6 Å². The van der Waals surface area contributed by atoms with Gasteiger partial charge in [-0.25, -0.2) is 0 Å². The Morgan fingerprint density at radius 1 is 1.39 bits per heavy atom. The van der Waals surface area contributed by atoms with Gasteiger partial charge in [-0.05, 0) is 31.0 Å². The van der Waals surface area contributed by atoms with Crippen molar-refractivity contribution in [3.8, 4) is 5.75 Å². The minimum Gasteiger partial charge on any atom is -0.507 e. The van der Waals surface area contributed by atoms with Gasteiger partial charge in [0.25, 0.3) is 5.91 Å². The highest BCUT2D eigenvalue weighted by molar-refractivity contribution is 6.30. The number of benzene rings is 1. The first-order valence-electron chi connectivity index (χ1n) is 5.13. The number of aromatic hydroxyl groups is 1. The Kier molecular flexibility index (Phi) is 2.93. The van der Waals surface area contributed by atoms with Crippen LogP contribution < -0.4 is 5.32 Å². The molecular weight excluding hydrogens is 271 g/mol. The lowest BCUT2D eigenvalue weighted by Crippen LogP contribution is -2.47. The number of phenols is 1. The minimum atomic E-state index is -4.48. The Morgan fingerprint density at radius 3 is 2.44 bits per heavy atom. The molecule has 0 unspecified atom stereocenters. The van der Waals surface area contributed by atoms with Crippen LogP contribution in [-0.4, -0.2) is 22.7 Å². The van der Waals surface area contributed by atoms with Crippen LogP contribution in [0.3, 0.4) is 0 Å². The van der Waals surface area contributed by atoms with Crippen LogP contribution in [-0.2, 0) is 0 Å². The van der Waals surface area contributed by atoms with Gasteiger partial charge in [-0.2, -0.15) is 13.2 Å². The molecule has 3 nitrogen and oxygen atoms in total. The summed E-state index contributed by atoms with van der Waals surface area (Å²) < 4.78 is 37.9. The first kappa shape index (κ1) is 13.0. The Balaban J connectivity index is 2.19. The fraction of sp³-hybridized carbons (Fsp3) is 0.364. The molecule has 0 bridgehead atoms. The van der Waals surface area contributed by atoms with E-state index >= 15 is 0 Å². The van der Waals surface area contributed by atoms with Crippen LogP contribution in [0.5, 0.6) is 5.75 Å². The zero-order valence-electron chi connectivity index (χ0n) is 9.01. The highest BCUT2D eigenvalue weighted by Crippen LogP contribution is 2.49. The summed E-state index contributed by atoms with van der Waals surface area (Å²) in [5.41, 5.74) is -2.37. The molecule has 0 atom stereocenters. The summed E-state index contributed by atoms with van der Waals surface area (Å²) in [5.74, 6) is -1.41. The van der Waals surface area contributed by atoms with Crippen LogP contribution in [0.2, 0.25) is 5.02 Å². The Hall–Kier alpha value is -1.43. The third-order valence-corrected chi connectivity index (χ3v) is 3.08.